The van der Waals surface area contributed by atoms with Crippen molar-refractivity contribution < 1.29 is 9.90 Å². The highest BCUT2D eigenvalue weighted by atomic mass is 16.3. The summed E-state index contributed by atoms with van der Waals surface area (Å²) < 4.78 is 0. The number of Topliss-reactive ketones (excluding diaryl/α,β-unsaturated/α-hetero) is 1. The van der Waals surface area contributed by atoms with Gasteiger partial charge in [-0.15, -0.1) is 0 Å². The summed E-state index contributed by atoms with van der Waals surface area (Å²) in [6.45, 7) is 2.38. The Kier molecular flexibility index (Phi) is 6.22. The van der Waals surface area contributed by atoms with Crippen molar-refractivity contribution in [2.24, 2.45) is 5.92 Å². The molecule has 110 valence electrons. The molecule has 0 amide bonds. The second kappa shape index (κ2) is 8.18. The van der Waals surface area contributed by atoms with E-state index in [0.29, 0.717) is 12.3 Å². The quantitative estimate of drug-likeness (QED) is 0.811. The average molecular weight is 275 g/mol. The zero-order chi connectivity index (χ0) is 14.2. The minimum atomic E-state index is 0.147. The molecule has 1 fully saturated rings. The fourth-order valence-electron chi connectivity index (χ4n) is 2.95. The molecular weight excluding hydrogens is 250 g/mol. The Balaban J connectivity index is 1.95. The lowest BCUT2D eigenvalue weighted by Gasteiger charge is -2.25. The first-order chi connectivity index (χ1) is 9.79. The van der Waals surface area contributed by atoms with Crippen LogP contribution in [0.3, 0.4) is 0 Å². The lowest BCUT2D eigenvalue weighted by Crippen LogP contribution is -2.34. The molecule has 1 N–H and O–H groups in total. The van der Waals surface area contributed by atoms with Gasteiger partial charge in [0.15, 0.2) is 0 Å². The number of benzene rings is 1. The summed E-state index contributed by atoms with van der Waals surface area (Å²) in [5, 5.41) is 9.24. The Morgan fingerprint density at radius 2 is 1.95 bits per heavy atom. The van der Waals surface area contributed by atoms with E-state index in [1.807, 2.05) is 18.2 Å². The SMILES string of the molecule is O=C1CCCCCC1CN(CCO)Cc1ccccc1. The van der Waals surface area contributed by atoms with Crippen LogP contribution in [0.25, 0.3) is 0 Å². The predicted octanol–water partition coefficient (Wildman–Crippen LogP) is 2.63. The van der Waals surface area contributed by atoms with E-state index >= 15 is 0 Å². The summed E-state index contributed by atoms with van der Waals surface area (Å²) in [4.78, 5) is 14.3. The van der Waals surface area contributed by atoms with E-state index < -0.39 is 0 Å². The highest BCUT2D eigenvalue weighted by molar-refractivity contribution is 5.81. The maximum Gasteiger partial charge on any atom is 0.137 e. The first kappa shape index (κ1) is 15.2. The molecule has 0 saturated heterocycles. The van der Waals surface area contributed by atoms with Crippen LogP contribution >= 0.6 is 0 Å². The van der Waals surface area contributed by atoms with Crippen LogP contribution in [-0.2, 0) is 11.3 Å². The van der Waals surface area contributed by atoms with E-state index in [-0.39, 0.29) is 12.5 Å². The van der Waals surface area contributed by atoms with Crippen molar-refractivity contribution in [3.8, 4) is 0 Å². The van der Waals surface area contributed by atoms with Gasteiger partial charge in [-0.1, -0.05) is 43.2 Å². The van der Waals surface area contributed by atoms with Gasteiger partial charge in [-0.3, -0.25) is 9.69 Å². The molecule has 0 aromatic heterocycles. The minimum absolute atomic E-state index is 0.147. The van der Waals surface area contributed by atoms with Gasteiger partial charge in [0.1, 0.15) is 5.78 Å². The summed E-state index contributed by atoms with van der Waals surface area (Å²) in [5.74, 6) is 0.575. The molecule has 0 radical (unpaired) electrons. The van der Waals surface area contributed by atoms with Crippen LogP contribution < -0.4 is 0 Å². The Bertz CT molecular complexity index is 405. The van der Waals surface area contributed by atoms with E-state index in [2.05, 4.69) is 17.0 Å². The van der Waals surface area contributed by atoms with Crippen molar-refractivity contribution in [3.63, 3.8) is 0 Å². The van der Waals surface area contributed by atoms with Crippen molar-refractivity contribution in [2.45, 2.75) is 38.6 Å². The molecule has 1 aliphatic rings. The normalized spacial score (nSPS) is 20.1. The number of aliphatic hydroxyl groups is 1. The molecule has 2 rings (SSSR count). The Hall–Kier alpha value is -1.19. The molecule has 0 bridgehead atoms. The second-order valence-corrected chi connectivity index (χ2v) is 5.71. The highest BCUT2D eigenvalue weighted by Gasteiger charge is 2.23. The minimum Gasteiger partial charge on any atom is -0.395 e. The van der Waals surface area contributed by atoms with Crippen LogP contribution in [0.2, 0.25) is 0 Å². The molecule has 0 heterocycles. The van der Waals surface area contributed by atoms with Gasteiger partial charge in [0, 0.05) is 32.0 Å². The Morgan fingerprint density at radius 3 is 2.70 bits per heavy atom. The number of nitrogens with zero attached hydrogens (tertiary/aromatic N) is 1. The van der Waals surface area contributed by atoms with Crippen LogP contribution in [0, 0.1) is 5.92 Å². The van der Waals surface area contributed by atoms with Gasteiger partial charge in [-0.2, -0.15) is 0 Å². The lowest BCUT2D eigenvalue weighted by atomic mass is 9.98. The first-order valence-corrected chi connectivity index (χ1v) is 7.69. The van der Waals surface area contributed by atoms with E-state index in [4.69, 9.17) is 0 Å². The maximum atomic E-state index is 12.1. The molecule has 1 atom stereocenters. The van der Waals surface area contributed by atoms with Crippen molar-refractivity contribution in [3.05, 3.63) is 35.9 Å². The number of hydrogen-bond donors (Lipinski definition) is 1. The van der Waals surface area contributed by atoms with Crippen LogP contribution in [0.4, 0.5) is 0 Å². The number of aliphatic hydroxyl groups excluding tert-OH is 1. The molecular formula is C17H25NO2. The highest BCUT2D eigenvalue weighted by Crippen LogP contribution is 2.21. The predicted molar refractivity (Wildman–Crippen MR) is 80.4 cm³/mol. The number of carbonyl (C=O) groups is 1. The van der Waals surface area contributed by atoms with E-state index in [1.165, 1.54) is 12.0 Å². The van der Waals surface area contributed by atoms with Crippen LogP contribution in [0.15, 0.2) is 30.3 Å². The molecule has 1 aromatic rings. The standard InChI is InChI=1S/C17H25NO2/c19-12-11-18(13-15-7-3-1-4-8-15)14-16-9-5-2-6-10-17(16)20/h1,3-4,7-8,16,19H,2,5-6,9-14H2. The average Bonchev–Trinajstić information content (AvgIpc) is 2.66. The molecule has 3 heteroatoms. The Morgan fingerprint density at radius 1 is 1.15 bits per heavy atom. The van der Waals surface area contributed by atoms with Crippen LogP contribution in [-0.4, -0.2) is 35.5 Å². The third kappa shape index (κ3) is 4.73. The molecule has 0 aliphatic heterocycles. The fourth-order valence-corrected chi connectivity index (χ4v) is 2.95. The number of carbonyl (C=O) groups excluding carboxylic acids is 1. The fraction of sp³-hybridized carbons (Fsp3) is 0.588. The number of rotatable bonds is 6. The van der Waals surface area contributed by atoms with E-state index in [1.54, 1.807) is 0 Å². The van der Waals surface area contributed by atoms with Gasteiger partial charge < -0.3 is 5.11 Å². The molecule has 20 heavy (non-hydrogen) atoms. The van der Waals surface area contributed by atoms with Gasteiger partial charge in [0.05, 0.1) is 6.61 Å². The summed E-state index contributed by atoms with van der Waals surface area (Å²) in [5.41, 5.74) is 1.24. The van der Waals surface area contributed by atoms with Gasteiger partial charge >= 0.3 is 0 Å². The Labute approximate surface area is 121 Å². The third-order valence-corrected chi connectivity index (χ3v) is 4.07. The number of ketones is 1. The van der Waals surface area contributed by atoms with E-state index in [9.17, 15) is 9.90 Å². The second-order valence-electron chi connectivity index (χ2n) is 5.71. The van der Waals surface area contributed by atoms with Crippen LogP contribution in [0.5, 0.6) is 0 Å². The summed E-state index contributed by atoms with van der Waals surface area (Å²) in [7, 11) is 0. The zero-order valence-corrected chi connectivity index (χ0v) is 12.1. The largest absolute Gasteiger partial charge is 0.395 e. The van der Waals surface area contributed by atoms with Gasteiger partial charge in [0.25, 0.3) is 0 Å². The molecule has 1 unspecified atom stereocenters. The molecule has 1 aliphatic carbocycles. The molecule has 3 nitrogen and oxygen atoms in total. The summed E-state index contributed by atoms with van der Waals surface area (Å²) in [6.07, 6.45) is 5.14. The van der Waals surface area contributed by atoms with Gasteiger partial charge in [-0.05, 0) is 18.4 Å². The topological polar surface area (TPSA) is 40.5 Å². The van der Waals surface area contributed by atoms with E-state index in [0.717, 1.165) is 38.8 Å². The van der Waals surface area contributed by atoms with Crippen LogP contribution in [0.1, 0.15) is 37.7 Å². The molecule has 1 saturated carbocycles. The number of hydrogen-bond acceptors (Lipinski definition) is 3. The summed E-state index contributed by atoms with van der Waals surface area (Å²) in [6, 6.07) is 10.3. The summed E-state index contributed by atoms with van der Waals surface area (Å²) >= 11 is 0. The van der Waals surface area contributed by atoms with Crippen molar-refractivity contribution in [1.29, 1.82) is 0 Å². The first-order valence-electron chi connectivity index (χ1n) is 7.69. The molecule has 1 aromatic carbocycles. The molecule has 0 spiro atoms. The van der Waals surface area contributed by atoms with Crippen molar-refractivity contribution >= 4 is 5.78 Å². The lowest BCUT2D eigenvalue weighted by molar-refractivity contribution is -0.123. The maximum absolute atomic E-state index is 12.1. The van der Waals surface area contributed by atoms with Crippen molar-refractivity contribution in [2.75, 3.05) is 19.7 Å². The van der Waals surface area contributed by atoms with Crippen molar-refractivity contribution in [1.82, 2.24) is 4.90 Å². The monoisotopic (exact) mass is 275 g/mol. The van der Waals surface area contributed by atoms with Gasteiger partial charge in [0.2, 0.25) is 0 Å². The smallest absolute Gasteiger partial charge is 0.137 e. The third-order valence-electron chi connectivity index (χ3n) is 4.07. The van der Waals surface area contributed by atoms with Gasteiger partial charge in [-0.25, -0.2) is 0 Å². The zero-order valence-electron chi connectivity index (χ0n) is 12.1.